The van der Waals surface area contributed by atoms with E-state index in [1.165, 1.54) is 0 Å². The Hall–Kier alpha value is -3.26. The minimum Gasteiger partial charge on any atom is -0.388 e. The van der Waals surface area contributed by atoms with Crippen LogP contribution in [-0.4, -0.2) is 96.3 Å². The maximum atomic E-state index is 13.6. The number of nitrogens with one attached hydrogen (secondary N) is 2. The third kappa shape index (κ3) is 12.9. The van der Waals surface area contributed by atoms with E-state index in [1.54, 1.807) is 11.9 Å². The maximum Gasteiger partial charge on any atom is 0.243 e. The maximum absolute atomic E-state index is 13.6. The van der Waals surface area contributed by atoms with E-state index < -0.39 is 42.0 Å². The first-order valence-electron chi connectivity index (χ1n) is 15.2. The molecule has 0 aliphatic heterocycles. The van der Waals surface area contributed by atoms with Crippen LogP contribution in [0.2, 0.25) is 0 Å². The summed E-state index contributed by atoms with van der Waals surface area (Å²) < 4.78 is 12.8. The van der Waals surface area contributed by atoms with Gasteiger partial charge in [-0.15, -0.1) is 12.3 Å². The lowest BCUT2D eigenvalue weighted by molar-refractivity contribution is -0.136. The Morgan fingerprint density at radius 2 is 1.72 bits per heavy atom. The van der Waals surface area contributed by atoms with Crippen molar-refractivity contribution in [3.05, 3.63) is 48.3 Å². The molecule has 10 heteroatoms. The molecular weight excluding hydrogens is 551 g/mol. The second-order valence-electron chi connectivity index (χ2n) is 11.8. The van der Waals surface area contributed by atoms with Crippen molar-refractivity contribution < 1.29 is 29.0 Å². The number of rotatable bonds is 17. The SMILES string of the molecule is C#CC[C@H](NC(=O)[C@@H](CC(=O)N(C)CCN(C)C)Cc1ccccc1)C(=O)N[C@@H](CC1CCCCC1)[C@@H](O)[C@@H](O)C=CF. The minimum atomic E-state index is -1.52. The Kier molecular flexibility index (Phi) is 16.0. The van der Waals surface area contributed by atoms with E-state index in [0.717, 1.165) is 43.7 Å². The zero-order chi connectivity index (χ0) is 31.8. The first kappa shape index (κ1) is 35.9. The second-order valence-corrected chi connectivity index (χ2v) is 11.8. The fraction of sp³-hybridized carbons (Fsp3) is 0.606. The summed E-state index contributed by atoms with van der Waals surface area (Å²) in [5.41, 5.74) is 0.870. The second kappa shape index (κ2) is 19.1. The molecule has 0 spiro atoms. The van der Waals surface area contributed by atoms with Gasteiger partial charge in [0, 0.05) is 33.0 Å². The van der Waals surface area contributed by atoms with E-state index in [0.29, 0.717) is 19.5 Å². The van der Waals surface area contributed by atoms with E-state index in [9.17, 15) is 29.0 Å². The monoisotopic (exact) mass is 600 g/mol. The lowest BCUT2D eigenvalue weighted by Crippen LogP contribution is -2.55. The molecular formula is C33H49FN4O5. The molecule has 5 atom stereocenters. The minimum absolute atomic E-state index is 0.0557. The Labute approximate surface area is 255 Å². The Balaban J connectivity index is 2.21. The molecule has 0 saturated heterocycles. The highest BCUT2D eigenvalue weighted by Gasteiger charge is 2.33. The van der Waals surface area contributed by atoms with Gasteiger partial charge < -0.3 is 30.6 Å². The molecule has 2 rings (SSSR count). The third-order valence-corrected chi connectivity index (χ3v) is 8.05. The van der Waals surface area contributed by atoms with Crippen LogP contribution in [0.3, 0.4) is 0 Å². The van der Waals surface area contributed by atoms with Crippen LogP contribution in [0.1, 0.15) is 56.9 Å². The number of carbonyl (C=O) groups excluding carboxylic acids is 3. The van der Waals surface area contributed by atoms with Crippen molar-refractivity contribution in [3.8, 4) is 12.3 Å². The van der Waals surface area contributed by atoms with Gasteiger partial charge in [0.15, 0.2) is 0 Å². The van der Waals surface area contributed by atoms with Gasteiger partial charge in [-0.2, -0.15) is 0 Å². The zero-order valence-corrected chi connectivity index (χ0v) is 25.8. The van der Waals surface area contributed by atoms with Crippen LogP contribution >= 0.6 is 0 Å². The summed E-state index contributed by atoms with van der Waals surface area (Å²) in [5.74, 6) is 0.596. The molecule has 1 aliphatic rings. The molecule has 0 radical (unpaired) electrons. The third-order valence-electron chi connectivity index (χ3n) is 8.05. The van der Waals surface area contributed by atoms with Crippen molar-refractivity contribution >= 4 is 17.7 Å². The zero-order valence-electron chi connectivity index (χ0n) is 25.8. The van der Waals surface area contributed by atoms with Crippen LogP contribution in [0.4, 0.5) is 4.39 Å². The van der Waals surface area contributed by atoms with Gasteiger partial charge in [0.1, 0.15) is 18.2 Å². The number of benzene rings is 1. The predicted octanol–water partition coefficient (Wildman–Crippen LogP) is 2.42. The molecule has 1 fully saturated rings. The Morgan fingerprint density at radius 1 is 1.05 bits per heavy atom. The molecule has 9 nitrogen and oxygen atoms in total. The summed E-state index contributed by atoms with van der Waals surface area (Å²) in [6, 6.07) is 7.31. The van der Waals surface area contributed by atoms with Crippen molar-refractivity contribution in [1.29, 1.82) is 0 Å². The molecule has 0 heterocycles. The first-order valence-corrected chi connectivity index (χ1v) is 15.2. The van der Waals surface area contributed by atoms with Crippen molar-refractivity contribution in [1.82, 2.24) is 20.4 Å². The van der Waals surface area contributed by atoms with Gasteiger partial charge in [-0.3, -0.25) is 14.4 Å². The highest BCUT2D eigenvalue weighted by molar-refractivity contribution is 5.91. The molecule has 3 amide bonds. The van der Waals surface area contributed by atoms with E-state index in [-0.39, 0.29) is 37.4 Å². The van der Waals surface area contributed by atoms with Gasteiger partial charge >= 0.3 is 0 Å². The van der Waals surface area contributed by atoms with Gasteiger partial charge in [-0.25, -0.2) is 4.39 Å². The van der Waals surface area contributed by atoms with Crippen LogP contribution in [0.25, 0.3) is 0 Å². The van der Waals surface area contributed by atoms with E-state index >= 15 is 0 Å². The number of hydrogen-bond donors (Lipinski definition) is 4. The molecule has 0 unspecified atom stereocenters. The fourth-order valence-electron chi connectivity index (χ4n) is 5.39. The highest BCUT2D eigenvalue weighted by Crippen LogP contribution is 2.28. The van der Waals surface area contributed by atoms with E-state index in [1.807, 2.05) is 49.3 Å². The standard InChI is InChI=1S/C33H49FN4O5/c1-5-12-27(33(43)36-28(31(41)29(39)17-18-34)22-25-15-10-7-11-16-25)35-32(42)26(21-24-13-8-6-9-14-24)23-30(40)38(4)20-19-37(2)3/h1,6,8-9,13-14,17-18,25-29,31,39,41H,7,10-12,15-16,19-23H2,2-4H3,(H,35,42)(H,36,43)/t26-,27+,28+,29+,31-/m1/s1. The number of aliphatic hydroxyl groups is 2. The molecule has 1 saturated carbocycles. The largest absolute Gasteiger partial charge is 0.388 e. The lowest BCUT2D eigenvalue weighted by Gasteiger charge is -2.32. The van der Waals surface area contributed by atoms with Gasteiger partial charge in [0.2, 0.25) is 17.7 Å². The van der Waals surface area contributed by atoms with Crippen LogP contribution in [0.15, 0.2) is 42.7 Å². The molecule has 43 heavy (non-hydrogen) atoms. The summed E-state index contributed by atoms with van der Waals surface area (Å²) in [7, 11) is 5.53. The van der Waals surface area contributed by atoms with E-state index in [2.05, 4.69) is 16.6 Å². The van der Waals surface area contributed by atoms with Crippen LogP contribution in [0.5, 0.6) is 0 Å². The van der Waals surface area contributed by atoms with Crippen LogP contribution < -0.4 is 10.6 Å². The first-order chi connectivity index (χ1) is 20.5. The fourth-order valence-corrected chi connectivity index (χ4v) is 5.39. The average Bonchev–Trinajstić information content (AvgIpc) is 2.99. The van der Waals surface area contributed by atoms with Crippen molar-refractivity contribution in [2.45, 2.75) is 82.1 Å². The van der Waals surface area contributed by atoms with Gasteiger partial charge in [-0.1, -0.05) is 62.4 Å². The van der Waals surface area contributed by atoms with Crippen LogP contribution in [0, 0.1) is 24.2 Å². The number of likely N-dealkylation sites (N-methyl/N-ethyl adjacent to an activating group) is 2. The summed E-state index contributed by atoms with van der Waals surface area (Å²) in [4.78, 5) is 43.7. The smallest absolute Gasteiger partial charge is 0.243 e. The number of terminal acetylenes is 1. The quantitative estimate of drug-likeness (QED) is 0.204. The van der Waals surface area contributed by atoms with Gasteiger partial charge in [0.05, 0.1) is 18.3 Å². The topological polar surface area (TPSA) is 122 Å². The highest BCUT2D eigenvalue weighted by atomic mass is 19.1. The number of aliphatic hydroxyl groups excluding tert-OH is 2. The van der Waals surface area contributed by atoms with Crippen molar-refractivity contribution in [2.75, 3.05) is 34.2 Å². The van der Waals surface area contributed by atoms with E-state index in [4.69, 9.17) is 6.42 Å². The molecule has 1 aromatic rings. The average molecular weight is 601 g/mol. The Bertz CT molecular complexity index is 1070. The molecule has 4 N–H and O–H groups in total. The molecule has 0 aromatic heterocycles. The predicted molar refractivity (Wildman–Crippen MR) is 165 cm³/mol. The number of hydrogen-bond acceptors (Lipinski definition) is 6. The normalized spacial score (nSPS) is 17.4. The summed E-state index contributed by atoms with van der Waals surface area (Å²) in [6.45, 7) is 1.17. The summed E-state index contributed by atoms with van der Waals surface area (Å²) >= 11 is 0. The van der Waals surface area contributed by atoms with Crippen molar-refractivity contribution in [3.63, 3.8) is 0 Å². The molecule has 0 bridgehead atoms. The molecule has 1 aliphatic carbocycles. The van der Waals surface area contributed by atoms with Crippen LogP contribution in [-0.2, 0) is 20.8 Å². The summed E-state index contributed by atoms with van der Waals surface area (Å²) in [5, 5.41) is 26.6. The Morgan fingerprint density at radius 3 is 2.33 bits per heavy atom. The summed E-state index contributed by atoms with van der Waals surface area (Å²) in [6.07, 6.45) is 9.12. The number of amides is 3. The number of nitrogens with zero attached hydrogens (tertiary/aromatic N) is 2. The lowest BCUT2D eigenvalue weighted by atomic mass is 9.83. The van der Waals surface area contributed by atoms with Gasteiger partial charge in [-0.05, 0) is 44.5 Å². The molecule has 1 aromatic carbocycles. The molecule has 238 valence electrons. The number of carbonyl (C=O) groups is 3. The number of halogens is 1. The van der Waals surface area contributed by atoms with Gasteiger partial charge in [0.25, 0.3) is 0 Å². The van der Waals surface area contributed by atoms with Crippen molar-refractivity contribution in [2.24, 2.45) is 11.8 Å².